The fraction of sp³-hybridized carbons (Fsp3) is 0.200. The van der Waals surface area contributed by atoms with Crippen LogP contribution in [0.4, 0.5) is 5.13 Å². The highest BCUT2D eigenvalue weighted by atomic mass is 32.1. The second kappa shape index (κ2) is 5.97. The first-order chi connectivity index (χ1) is 9.88. The number of hydrogen-bond donors (Lipinski definition) is 1. The molecule has 0 aliphatic heterocycles. The van der Waals surface area contributed by atoms with Crippen LogP contribution in [0.2, 0.25) is 0 Å². The second-order valence-electron chi connectivity index (χ2n) is 4.58. The highest BCUT2D eigenvalue weighted by molar-refractivity contribution is 7.17. The normalized spacial score (nSPS) is 10.2. The molecule has 0 aliphatic rings. The standard InChI is InChI=1S/C15H14N2O3S/c1-8-13(10(3)19)21-15(16-8)17-14(20)12-6-4-11(5-7-12)9(2)18/h4-7H,1-3H3,(H,16,17,20). The average molecular weight is 302 g/mol. The van der Waals surface area contributed by atoms with Crippen molar-refractivity contribution < 1.29 is 14.4 Å². The van der Waals surface area contributed by atoms with Gasteiger partial charge in [0.15, 0.2) is 16.7 Å². The number of thiazole rings is 1. The molecule has 2 rings (SSSR count). The predicted molar refractivity (Wildman–Crippen MR) is 81.3 cm³/mol. The Labute approximate surface area is 126 Å². The van der Waals surface area contributed by atoms with Gasteiger partial charge in [0.2, 0.25) is 0 Å². The number of nitrogens with one attached hydrogen (secondary N) is 1. The summed E-state index contributed by atoms with van der Waals surface area (Å²) in [5.74, 6) is -0.450. The molecular formula is C15H14N2O3S. The van der Waals surface area contributed by atoms with Crippen LogP contribution in [0, 0.1) is 6.92 Å². The van der Waals surface area contributed by atoms with E-state index in [0.29, 0.717) is 26.8 Å². The van der Waals surface area contributed by atoms with Gasteiger partial charge < -0.3 is 0 Å². The van der Waals surface area contributed by atoms with Crippen molar-refractivity contribution >= 4 is 33.9 Å². The first-order valence-corrected chi connectivity index (χ1v) is 7.11. The summed E-state index contributed by atoms with van der Waals surface area (Å²) in [6.07, 6.45) is 0. The van der Waals surface area contributed by atoms with Crippen molar-refractivity contribution in [3.05, 3.63) is 46.0 Å². The molecule has 1 N–H and O–H groups in total. The zero-order valence-corrected chi connectivity index (χ0v) is 12.7. The largest absolute Gasteiger partial charge is 0.298 e. The lowest BCUT2D eigenvalue weighted by Crippen LogP contribution is -2.11. The van der Waals surface area contributed by atoms with Crippen LogP contribution in [0.25, 0.3) is 0 Å². The number of hydrogen-bond acceptors (Lipinski definition) is 5. The van der Waals surface area contributed by atoms with Gasteiger partial charge in [-0.05, 0) is 26.0 Å². The Kier molecular flexibility index (Phi) is 4.28. The molecule has 0 saturated carbocycles. The number of ketones is 2. The van der Waals surface area contributed by atoms with E-state index in [2.05, 4.69) is 10.3 Å². The number of nitrogens with zero attached hydrogens (tertiary/aromatic N) is 1. The summed E-state index contributed by atoms with van der Waals surface area (Å²) in [7, 11) is 0. The lowest BCUT2D eigenvalue weighted by molar-refractivity contribution is 0.100. The van der Waals surface area contributed by atoms with E-state index in [1.165, 1.54) is 13.8 Å². The number of carbonyl (C=O) groups is 3. The molecule has 1 aromatic carbocycles. The van der Waals surface area contributed by atoms with Crippen molar-refractivity contribution in [2.45, 2.75) is 20.8 Å². The predicted octanol–water partition coefficient (Wildman–Crippen LogP) is 3.11. The van der Waals surface area contributed by atoms with Crippen molar-refractivity contribution in [2.75, 3.05) is 5.32 Å². The Hall–Kier alpha value is -2.34. The Morgan fingerprint density at radius 1 is 1.00 bits per heavy atom. The summed E-state index contributed by atoms with van der Waals surface area (Å²) in [5.41, 5.74) is 1.59. The minimum absolute atomic E-state index is 0.0522. The number of benzene rings is 1. The molecule has 0 bridgehead atoms. The third-order valence-electron chi connectivity index (χ3n) is 2.89. The van der Waals surface area contributed by atoms with E-state index in [-0.39, 0.29) is 17.5 Å². The molecule has 0 unspecified atom stereocenters. The van der Waals surface area contributed by atoms with E-state index < -0.39 is 0 Å². The van der Waals surface area contributed by atoms with Crippen LogP contribution in [0.3, 0.4) is 0 Å². The smallest absolute Gasteiger partial charge is 0.257 e. The number of aryl methyl sites for hydroxylation is 1. The Balaban J connectivity index is 2.16. The second-order valence-corrected chi connectivity index (χ2v) is 5.58. The monoisotopic (exact) mass is 302 g/mol. The molecule has 0 spiro atoms. The number of rotatable bonds is 4. The highest BCUT2D eigenvalue weighted by Gasteiger charge is 2.14. The lowest BCUT2D eigenvalue weighted by Gasteiger charge is -2.02. The Morgan fingerprint density at radius 3 is 2.05 bits per heavy atom. The molecule has 1 amide bonds. The van der Waals surface area contributed by atoms with Gasteiger partial charge in [-0.25, -0.2) is 4.98 Å². The van der Waals surface area contributed by atoms with Gasteiger partial charge in [-0.15, -0.1) is 0 Å². The first-order valence-electron chi connectivity index (χ1n) is 6.29. The van der Waals surface area contributed by atoms with Crippen LogP contribution in [0.1, 0.15) is 49.9 Å². The molecule has 0 atom stereocenters. The van der Waals surface area contributed by atoms with Gasteiger partial charge in [0.25, 0.3) is 5.91 Å². The van der Waals surface area contributed by atoms with E-state index in [0.717, 1.165) is 11.3 Å². The minimum Gasteiger partial charge on any atom is -0.298 e. The van der Waals surface area contributed by atoms with E-state index in [1.54, 1.807) is 31.2 Å². The maximum absolute atomic E-state index is 12.1. The highest BCUT2D eigenvalue weighted by Crippen LogP contribution is 2.23. The molecule has 1 aromatic heterocycles. The summed E-state index contributed by atoms with van der Waals surface area (Å²) in [6.45, 7) is 4.66. The van der Waals surface area contributed by atoms with Crippen LogP contribution in [-0.4, -0.2) is 22.5 Å². The maximum atomic E-state index is 12.1. The molecule has 108 valence electrons. The van der Waals surface area contributed by atoms with Gasteiger partial charge in [-0.2, -0.15) is 0 Å². The summed E-state index contributed by atoms with van der Waals surface area (Å²) >= 11 is 1.15. The Morgan fingerprint density at radius 2 is 1.57 bits per heavy atom. The van der Waals surface area contributed by atoms with Gasteiger partial charge in [0.05, 0.1) is 10.6 Å². The molecule has 0 radical (unpaired) electrons. The zero-order chi connectivity index (χ0) is 15.6. The zero-order valence-electron chi connectivity index (χ0n) is 11.9. The van der Waals surface area contributed by atoms with Gasteiger partial charge >= 0.3 is 0 Å². The fourth-order valence-electron chi connectivity index (χ4n) is 1.80. The molecular weight excluding hydrogens is 288 g/mol. The van der Waals surface area contributed by atoms with Crippen LogP contribution in [0.5, 0.6) is 0 Å². The van der Waals surface area contributed by atoms with Crippen LogP contribution in [0.15, 0.2) is 24.3 Å². The third kappa shape index (κ3) is 3.41. The van der Waals surface area contributed by atoms with Crippen molar-refractivity contribution in [1.82, 2.24) is 4.98 Å². The number of aromatic nitrogens is 1. The van der Waals surface area contributed by atoms with E-state index >= 15 is 0 Å². The maximum Gasteiger partial charge on any atom is 0.257 e. The molecule has 0 saturated heterocycles. The molecule has 0 aliphatic carbocycles. The minimum atomic E-state index is -0.325. The van der Waals surface area contributed by atoms with Crippen molar-refractivity contribution in [3.8, 4) is 0 Å². The van der Waals surface area contributed by atoms with E-state index in [9.17, 15) is 14.4 Å². The molecule has 5 nitrogen and oxygen atoms in total. The average Bonchev–Trinajstić information content (AvgIpc) is 2.79. The van der Waals surface area contributed by atoms with Crippen LogP contribution >= 0.6 is 11.3 Å². The molecule has 6 heteroatoms. The molecule has 21 heavy (non-hydrogen) atoms. The van der Waals surface area contributed by atoms with E-state index in [4.69, 9.17) is 0 Å². The van der Waals surface area contributed by atoms with Gasteiger partial charge in [-0.3, -0.25) is 19.7 Å². The Bertz CT molecular complexity index is 717. The number of Topliss-reactive ketones (excluding diaryl/α,β-unsaturated/α-hetero) is 2. The summed E-state index contributed by atoms with van der Waals surface area (Å²) in [6, 6.07) is 6.37. The first kappa shape index (κ1) is 15.1. The quantitative estimate of drug-likeness (QED) is 0.880. The van der Waals surface area contributed by atoms with Crippen molar-refractivity contribution in [3.63, 3.8) is 0 Å². The molecule has 0 fully saturated rings. The third-order valence-corrected chi connectivity index (χ3v) is 4.06. The lowest BCUT2D eigenvalue weighted by atomic mass is 10.1. The summed E-state index contributed by atoms with van der Waals surface area (Å²) < 4.78 is 0. The molecule has 1 heterocycles. The summed E-state index contributed by atoms with van der Waals surface area (Å²) in [4.78, 5) is 39.3. The van der Waals surface area contributed by atoms with Gasteiger partial charge in [0.1, 0.15) is 0 Å². The van der Waals surface area contributed by atoms with Crippen molar-refractivity contribution in [2.24, 2.45) is 0 Å². The van der Waals surface area contributed by atoms with Gasteiger partial charge in [-0.1, -0.05) is 23.5 Å². The van der Waals surface area contributed by atoms with Crippen LogP contribution < -0.4 is 5.32 Å². The van der Waals surface area contributed by atoms with E-state index in [1.807, 2.05) is 0 Å². The fourth-order valence-corrected chi connectivity index (χ4v) is 2.66. The van der Waals surface area contributed by atoms with Crippen LogP contribution in [-0.2, 0) is 0 Å². The molecule has 2 aromatic rings. The van der Waals surface area contributed by atoms with Crippen molar-refractivity contribution in [1.29, 1.82) is 0 Å². The number of anilines is 1. The SMILES string of the molecule is CC(=O)c1ccc(C(=O)Nc2nc(C)c(C(C)=O)s2)cc1. The van der Waals surface area contributed by atoms with Gasteiger partial charge in [0, 0.05) is 18.1 Å². The summed E-state index contributed by atoms with van der Waals surface area (Å²) in [5, 5.41) is 3.04. The number of amides is 1. The topological polar surface area (TPSA) is 76.1 Å². The number of carbonyl (C=O) groups excluding carboxylic acids is 3.